The van der Waals surface area contributed by atoms with E-state index >= 15 is 0 Å². The largest absolute Gasteiger partial charge is 0.480 e. The molecule has 0 radical (unpaired) electrons. The Labute approximate surface area is 119 Å². The molecule has 0 aromatic heterocycles. The van der Waals surface area contributed by atoms with Crippen molar-refractivity contribution in [3.05, 3.63) is 0 Å². The summed E-state index contributed by atoms with van der Waals surface area (Å²) in [7, 11) is 0. The number of carboxylic acids is 1. The summed E-state index contributed by atoms with van der Waals surface area (Å²) in [5.74, 6) is -0.813. The average molecular weight is 289 g/mol. The summed E-state index contributed by atoms with van der Waals surface area (Å²) in [6.45, 7) is 0. The third-order valence-corrected chi connectivity index (χ3v) is 3.04. The number of hydrogen-bond acceptors (Lipinski definition) is 4. The summed E-state index contributed by atoms with van der Waals surface area (Å²) in [5.41, 5.74) is 0. The van der Waals surface area contributed by atoms with Crippen LogP contribution in [-0.2, 0) is 14.4 Å². The summed E-state index contributed by atoms with van der Waals surface area (Å²) in [6, 6.07) is -0.836. The number of unbranched alkanes of at least 4 members (excludes halogenated alkanes) is 5. The Bertz CT molecular complexity index is 284. The molecular weight excluding hydrogens is 266 g/mol. The van der Waals surface area contributed by atoms with Gasteiger partial charge < -0.3 is 15.2 Å². The van der Waals surface area contributed by atoms with Crippen LogP contribution in [-0.4, -0.2) is 35.1 Å². The maximum Gasteiger partial charge on any atom is 0.326 e. The van der Waals surface area contributed by atoms with Crippen LogP contribution in [0.5, 0.6) is 0 Å². The van der Waals surface area contributed by atoms with Crippen molar-refractivity contribution >= 4 is 30.8 Å². The van der Waals surface area contributed by atoms with E-state index in [9.17, 15) is 14.4 Å². The number of thiol groups is 1. The Morgan fingerprint density at radius 3 is 2.37 bits per heavy atom. The Balaban J connectivity index is 3.62. The maximum absolute atomic E-state index is 11.5. The van der Waals surface area contributed by atoms with Crippen LogP contribution in [0.3, 0.4) is 0 Å². The van der Waals surface area contributed by atoms with Crippen LogP contribution in [0.25, 0.3) is 0 Å². The quantitative estimate of drug-likeness (QED) is 0.291. The van der Waals surface area contributed by atoms with Gasteiger partial charge in [-0.15, -0.1) is 0 Å². The highest BCUT2D eigenvalue weighted by Crippen LogP contribution is 2.07. The predicted octanol–water partition coefficient (Wildman–Crippen LogP) is 1.81. The van der Waals surface area contributed by atoms with Gasteiger partial charge in [0.1, 0.15) is 12.3 Å². The average Bonchev–Trinajstić information content (AvgIpc) is 2.37. The lowest BCUT2D eigenvalue weighted by Crippen LogP contribution is -2.40. The third-order valence-electron chi connectivity index (χ3n) is 2.78. The molecule has 0 aromatic carbocycles. The van der Waals surface area contributed by atoms with Crippen LogP contribution in [0, 0.1) is 0 Å². The van der Waals surface area contributed by atoms with Crippen molar-refractivity contribution in [1.82, 2.24) is 5.32 Å². The standard InChI is InChI=1S/C13H23NO4S/c15-9-6-4-2-1-3-5-7-12(16)14-11(8-10-19)13(17)18/h9,11,19H,1-8,10H2,(H,14,16)(H,17,18)/t11-/m0/s1. The number of aliphatic carboxylic acids is 1. The number of hydrogen-bond donors (Lipinski definition) is 3. The molecular formula is C13H23NO4S. The molecule has 5 nitrogen and oxygen atoms in total. The molecule has 0 fully saturated rings. The molecule has 0 aromatic rings. The number of carboxylic acid groups (broad SMARTS) is 1. The zero-order valence-corrected chi connectivity index (χ0v) is 12.0. The zero-order chi connectivity index (χ0) is 14.5. The molecule has 2 N–H and O–H groups in total. The highest BCUT2D eigenvalue weighted by molar-refractivity contribution is 7.80. The third kappa shape index (κ3) is 10.6. The van der Waals surface area contributed by atoms with Gasteiger partial charge in [0.15, 0.2) is 0 Å². The second kappa shape index (κ2) is 12.0. The van der Waals surface area contributed by atoms with E-state index in [1.54, 1.807) is 0 Å². The summed E-state index contributed by atoms with van der Waals surface area (Å²) in [6.07, 6.45) is 6.78. The summed E-state index contributed by atoms with van der Waals surface area (Å²) in [5, 5.41) is 11.4. The fraction of sp³-hybridized carbons (Fsp3) is 0.769. The Kier molecular flexibility index (Phi) is 11.4. The van der Waals surface area contributed by atoms with Gasteiger partial charge in [-0.05, 0) is 25.0 Å². The van der Waals surface area contributed by atoms with Gasteiger partial charge in [0.2, 0.25) is 5.91 Å². The van der Waals surface area contributed by atoms with Crippen molar-refractivity contribution < 1.29 is 19.5 Å². The van der Waals surface area contributed by atoms with Crippen LogP contribution in [0.1, 0.15) is 51.4 Å². The van der Waals surface area contributed by atoms with E-state index in [4.69, 9.17) is 5.11 Å². The topological polar surface area (TPSA) is 83.5 Å². The SMILES string of the molecule is O=CCCCCCCCC(=O)N[C@@H](CCS)C(=O)O. The highest BCUT2D eigenvalue weighted by Gasteiger charge is 2.18. The number of nitrogens with one attached hydrogen (secondary N) is 1. The first-order valence-electron chi connectivity index (χ1n) is 6.68. The Morgan fingerprint density at radius 1 is 1.16 bits per heavy atom. The van der Waals surface area contributed by atoms with E-state index in [1.165, 1.54) is 0 Å². The molecule has 110 valence electrons. The summed E-state index contributed by atoms with van der Waals surface area (Å²) in [4.78, 5) is 32.4. The second-order valence-electron chi connectivity index (χ2n) is 4.44. The lowest BCUT2D eigenvalue weighted by molar-refractivity contribution is -0.141. The van der Waals surface area contributed by atoms with Crippen molar-refractivity contribution in [2.75, 3.05) is 5.75 Å². The second-order valence-corrected chi connectivity index (χ2v) is 4.89. The molecule has 1 atom stereocenters. The van der Waals surface area contributed by atoms with Crippen molar-refractivity contribution in [1.29, 1.82) is 0 Å². The smallest absolute Gasteiger partial charge is 0.326 e. The van der Waals surface area contributed by atoms with Gasteiger partial charge in [0, 0.05) is 12.8 Å². The van der Waals surface area contributed by atoms with Crippen LogP contribution in [0.4, 0.5) is 0 Å². The molecule has 0 saturated carbocycles. The molecule has 0 spiro atoms. The number of carbonyl (C=O) groups excluding carboxylic acids is 2. The zero-order valence-electron chi connectivity index (χ0n) is 11.1. The van der Waals surface area contributed by atoms with Crippen LogP contribution < -0.4 is 5.32 Å². The lowest BCUT2D eigenvalue weighted by Gasteiger charge is -2.13. The van der Waals surface area contributed by atoms with Crippen LogP contribution in [0.15, 0.2) is 0 Å². The molecule has 0 aliphatic heterocycles. The molecule has 0 heterocycles. The van der Waals surface area contributed by atoms with E-state index in [1.807, 2.05) is 0 Å². The minimum absolute atomic E-state index is 0.220. The molecule has 1 amide bonds. The Hall–Kier alpha value is -1.04. The Morgan fingerprint density at radius 2 is 1.79 bits per heavy atom. The highest BCUT2D eigenvalue weighted by atomic mass is 32.1. The van der Waals surface area contributed by atoms with Crippen molar-refractivity contribution in [2.24, 2.45) is 0 Å². The molecule has 0 aliphatic rings. The first-order chi connectivity index (χ1) is 9.11. The van der Waals surface area contributed by atoms with E-state index in [-0.39, 0.29) is 5.91 Å². The molecule has 0 bridgehead atoms. The molecule has 0 unspecified atom stereocenters. The van der Waals surface area contributed by atoms with E-state index in [0.29, 0.717) is 25.0 Å². The summed E-state index contributed by atoms with van der Waals surface area (Å²) >= 11 is 3.96. The fourth-order valence-corrected chi connectivity index (χ4v) is 1.95. The lowest BCUT2D eigenvalue weighted by atomic mass is 10.1. The number of aldehydes is 1. The van der Waals surface area contributed by atoms with E-state index in [2.05, 4.69) is 17.9 Å². The molecule has 6 heteroatoms. The molecule has 19 heavy (non-hydrogen) atoms. The number of carbonyl (C=O) groups is 3. The van der Waals surface area contributed by atoms with Crippen molar-refractivity contribution in [3.8, 4) is 0 Å². The van der Waals surface area contributed by atoms with Gasteiger partial charge in [0.05, 0.1) is 0 Å². The normalized spacial score (nSPS) is 11.8. The van der Waals surface area contributed by atoms with E-state index < -0.39 is 12.0 Å². The predicted molar refractivity (Wildman–Crippen MR) is 76.4 cm³/mol. The monoisotopic (exact) mass is 289 g/mol. The van der Waals surface area contributed by atoms with Gasteiger partial charge in [-0.3, -0.25) is 4.79 Å². The van der Waals surface area contributed by atoms with Crippen LogP contribution >= 0.6 is 12.6 Å². The van der Waals surface area contributed by atoms with Gasteiger partial charge in [-0.2, -0.15) is 12.6 Å². The summed E-state index contributed by atoms with van der Waals surface area (Å²) < 4.78 is 0. The molecule has 0 rings (SSSR count). The fourth-order valence-electron chi connectivity index (χ4n) is 1.70. The first-order valence-corrected chi connectivity index (χ1v) is 7.31. The van der Waals surface area contributed by atoms with Gasteiger partial charge >= 0.3 is 5.97 Å². The minimum Gasteiger partial charge on any atom is -0.480 e. The number of amides is 1. The number of rotatable bonds is 12. The van der Waals surface area contributed by atoms with Gasteiger partial charge in [0.25, 0.3) is 0 Å². The minimum atomic E-state index is -1.02. The first kappa shape index (κ1) is 18.0. The maximum atomic E-state index is 11.5. The molecule has 0 aliphatic carbocycles. The van der Waals surface area contributed by atoms with Gasteiger partial charge in [-0.25, -0.2) is 4.79 Å². The van der Waals surface area contributed by atoms with Crippen molar-refractivity contribution in [2.45, 2.75) is 57.4 Å². The van der Waals surface area contributed by atoms with E-state index in [0.717, 1.165) is 38.4 Å². The molecule has 0 saturated heterocycles. The van der Waals surface area contributed by atoms with Gasteiger partial charge in [-0.1, -0.05) is 19.3 Å². The van der Waals surface area contributed by atoms with Crippen molar-refractivity contribution in [3.63, 3.8) is 0 Å². The van der Waals surface area contributed by atoms with Crippen LogP contribution in [0.2, 0.25) is 0 Å².